The highest BCUT2D eigenvalue weighted by atomic mass is 19.1. The molecule has 1 aromatic rings. The Labute approximate surface area is 130 Å². The molecule has 2 atom stereocenters. The predicted octanol–water partition coefficient (Wildman–Crippen LogP) is 2.26. The lowest BCUT2D eigenvalue weighted by Gasteiger charge is -2.15. The molecule has 1 amide bonds. The summed E-state index contributed by atoms with van der Waals surface area (Å²) in [6.07, 6.45) is 3.72. The van der Waals surface area contributed by atoms with Crippen LogP contribution >= 0.6 is 0 Å². The molecule has 0 spiro atoms. The van der Waals surface area contributed by atoms with E-state index in [1.165, 1.54) is 4.90 Å². The lowest BCUT2D eigenvalue weighted by molar-refractivity contribution is -0.127. The molecule has 122 valence electrons. The number of hydrogen-bond acceptors (Lipinski definition) is 3. The van der Waals surface area contributed by atoms with Crippen molar-refractivity contribution in [2.45, 2.75) is 39.7 Å². The number of carbonyl (C=O) groups excluding carboxylic acids is 1. The summed E-state index contributed by atoms with van der Waals surface area (Å²) >= 11 is 0. The molecule has 1 fully saturated rings. The zero-order valence-corrected chi connectivity index (χ0v) is 13.6. The summed E-state index contributed by atoms with van der Waals surface area (Å²) in [5, 5.41) is 13.9. The highest BCUT2D eigenvalue weighted by Crippen LogP contribution is 2.33. The van der Waals surface area contributed by atoms with E-state index in [1.54, 1.807) is 20.0 Å². The minimum atomic E-state index is -0.699. The van der Waals surface area contributed by atoms with E-state index in [9.17, 15) is 14.3 Å². The maximum absolute atomic E-state index is 13.9. The van der Waals surface area contributed by atoms with Gasteiger partial charge in [-0.25, -0.2) is 4.39 Å². The zero-order chi connectivity index (χ0) is 16.4. The Morgan fingerprint density at radius 3 is 2.64 bits per heavy atom. The van der Waals surface area contributed by atoms with Gasteiger partial charge in [0, 0.05) is 43.8 Å². The Balaban J connectivity index is 2.19. The summed E-state index contributed by atoms with van der Waals surface area (Å²) in [5.41, 5.74) is 1.36. The molecule has 2 heterocycles. The Kier molecular flexibility index (Phi) is 5.01. The molecule has 1 N–H and O–H groups in total. The van der Waals surface area contributed by atoms with Crippen LogP contribution in [-0.2, 0) is 4.79 Å². The molecule has 6 heteroatoms. The largest absolute Gasteiger partial charge is 0.396 e. The van der Waals surface area contributed by atoms with Crippen LogP contribution in [0.25, 0.3) is 0 Å². The fourth-order valence-corrected chi connectivity index (χ4v) is 2.78. The minimum Gasteiger partial charge on any atom is -0.396 e. The van der Waals surface area contributed by atoms with Crippen molar-refractivity contribution in [2.75, 3.05) is 19.7 Å². The van der Waals surface area contributed by atoms with Crippen molar-refractivity contribution >= 4 is 5.91 Å². The van der Waals surface area contributed by atoms with E-state index in [0.717, 1.165) is 5.56 Å². The van der Waals surface area contributed by atoms with E-state index in [2.05, 4.69) is 5.10 Å². The third kappa shape index (κ3) is 3.21. The number of nitrogens with zero attached hydrogens (tertiary/aromatic N) is 3. The number of carbonyl (C=O) groups is 1. The maximum atomic E-state index is 13.9. The number of aliphatic hydroxyl groups excluding tert-OH is 1. The van der Waals surface area contributed by atoms with Gasteiger partial charge in [0.2, 0.25) is 0 Å². The molecule has 22 heavy (non-hydrogen) atoms. The first-order valence-corrected chi connectivity index (χ1v) is 7.62. The summed E-state index contributed by atoms with van der Waals surface area (Å²) in [5.74, 6) is -1.38. The van der Waals surface area contributed by atoms with Gasteiger partial charge >= 0.3 is 0 Å². The Bertz CT molecular complexity index is 576. The van der Waals surface area contributed by atoms with E-state index in [0.29, 0.717) is 18.7 Å². The molecule has 1 aliphatic heterocycles. The highest BCUT2D eigenvalue weighted by molar-refractivity contribution is 5.92. The monoisotopic (exact) mass is 309 g/mol. The number of likely N-dealkylation sites (tertiary alicyclic amines) is 1. The van der Waals surface area contributed by atoms with Gasteiger partial charge in [-0.3, -0.25) is 9.48 Å². The van der Waals surface area contributed by atoms with Crippen LogP contribution in [0.2, 0.25) is 0 Å². The first-order chi connectivity index (χ1) is 10.3. The van der Waals surface area contributed by atoms with Crippen molar-refractivity contribution in [1.82, 2.24) is 14.7 Å². The van der Waals surface area contributed by atoms with E-state index >= 15 is 0 Å². The second-order valence-electron chi connectivity index (χ2n) is 6.42. The summed E-state index contributed by atoms with van der Waals surface area (Å²) in [4.78, 5) is 13.6. The zero-order valence-electron chi connectivity index (χ0n) is 13.6. The summed E-state index contributed by atoms with van der Waals surface area (Å²) < 4.78 is 15.7. The lowest BCUT2D eigenvalue weighted by Crippen LogP contribution is -2.29. The van der Waals surface area contributed by atoms with Gasteiger partial charge in [-0.15, -0.1) is 0 Å². The highest BCUT2D eigenvalue weighted by Gasteiger charge is 2.37. The van der Waals surface area contributed by atoms with Crippen molar-refractivity contribution in [2.24, 2.45) is 5.92 Å². The van der Waals surface area contributed by atoms with Gasteiger partial charge in [-0.1, -0.05) is 0 Å². The second-order valence-corrected chi connectivity index (χ2v) is 6.42. The molecule has 1 aromatic heterocycles. The van der Waals surface area contributed by atoms with Crippen LogP contribution in [0.1, 0.15) is 45.2 Å². The van der Waals surface area contributed by atoms with Gasteiger partial charge in [0.25, 0.3) is 5.91 Å². The molecule has 0 radical (unpaired) electrons. The van der Waals surface area contributed by atoms with Crippen molar-refractivity contribution in [3.05, 3.63) is 29.4 Å². The van der Waals surface area contributed by atoms with Crippen LogP contribution < -0.4 is 0 Å². The molecule has 5 nitrogen and oxygen atoms in total. The number of amides is 1. The van der Waals surface area contributed by atoms with Crippen LogP contribution in [0.4, 0.5) is 4.39 Å². The molecular formula is C16H24FN3O2. The fraction of sp³-hybridized carbons (Fsp3) is 0.625. The Morgan fingerprint density at radius 1 is 1.45 bits per heavy atom. The van der Waals surface area contributed by atoms with Crippen LogP contribution in [0.5, 0.6) is 0 Å². The third-order valence-electron chi connectivity index (χ3n) is 4.17. The van der Waals surface area contributed by atoms with Crippen LogP contribution in [-0.4, -0.2) is 45.4 Å². The maximum Gasteiger partial charge on any atom is 0.282 e. The number of halogens is 1. The van der Waals surface area contributed by atoms with E-state index < -0.39 is 11.7 Å². The number of hydrogen-bond donors (Lipinski definition) is 1. The van der Waals surface area contributed by atoms with Crippen molar-refractivity contribution in [3.8, 4) is 0 Å². The van der Waals surface area contributed by atoms with Gasteiger partial charge in [0.15, 0.2) is 5.83 Å². The molecule has 0 unspecified atom stereocenters. The molecule has 0 aromatic carbocycles. The molecule has 0 bridgehead atoms. The lowest BCUT2D eigenvalue weighted by atomic mass is 9.92. The van der Waals surface area contributed by atoms with Gasteiger partial charge in [-0.05, 0) is 38.8 Å². The van der Waals surface area contributed by atoms with E-state index in [-0.39, 0.29) is 24.5 Å². The van der Waals surface area contributed by atoms with Gasteiger partial charge < -0.3 is 10.0 Å². The standard InChI is InChI=1S/C16H24FN3O2/c1-10(2)15(17)16(22)19-6-13(9-21)14(8-19)12-5-18-20(7-12)11(3)4/h5,7,11,13-14,21H,6,8-9H2,1-4H3/t13-,14-/m0/s1. The van der Waals surface area contributed by atoms with Gasteiger partial charge in [0.05, 0.1) is 6.20 Å². The summed E-state index contributed by atoms with van der Waals surface area (Å²) in [7, 11) is 0. The van der Waals surface area contributed by atoms with Crippen LogP contribution in [0.3, 0.4) is 0 Å². The van der Waals surface area contributed by atoms with Crippen LogP contribution in [0.15, 0.2) is 23.8 Å². The molecule has 2 rings (SSSR count). The Morgan fingerprint density at radius 2 is 2.14 bits per heavy atom. The fourth-order valence-electron chi connectivity index (χ4n) is 2.78. The molecule has 1 saturated heterocycles. The number of aromatic nitrogens is 2. The summed E-state index contributed by atoms with van der Waals surface area (Å²) in [6.45, 7) is 7.98. The summed E-state index contributed by atoms with van der Waals surface area (Å²) in [6, 6.07) is 0.253. The second kappa shape index (κ2) is 6.60. The average molecular weight is 309 g/mol. The smallest absolute Gasteiger partial charge is 0.282 e. The topological polar surface area (TPSA) is 58.4 Å². The van der Waals surface area contributed by atoms with Gasteiger partial charge in [0.1, 0.15) is 0 Å². The third-order valence-corrected chi connectivity index (χ3v) is 4.17. The van der Waals surface area contributed by atoms with E-state index in [1.807, 2.05) is 24.7 Å². The van der Waals surface area contributed by atoms with Crippen molar-refractivity contribution < 1.29 is 14.3 Å². The van der Waals surface area contributed by atoms with Crippen molar-refractivity contribution in [3.63, 3.8) is 0 Å². The molecule has 1 aliphatic rings. The van der Waals surface area contributed by atoms with Crippen LogP contribution in [0, 0.1) is 5.92 Å². The number of rotatable bonds is 4. The SMILES string of the molecule is CC(C)=C(F)C(=O)N1C[C@@H](CO)[C@H](c2cnn(C(C)C)c2)C1. The van der Waals surface area contributed by atoms with Crippen molar-refractivity contribution in [1.29, 1.82) is 0 Å². The normalized spacial score (nSPS) is 21.5. The predicted molar refractivity (Wildman–Crippen MR) is 82.0 cm³/mol. The Hall–Kier alpha value is -1.69. The minimum absolute atomic E-state index is 0.00795. The first-order valence-electron chi connectivity index (χ1n) is 7.62. The number of aliphatic hydroxyl groups is 1. The molecular weight excluding hydrogens is 285 g/mol. The van der Waals surface area contributed by atoms with E-state index in [4.69, 9.17) is 0 Å². The molecule has 0 saturated carbocycles. The first kappa shape index (κ1) is 16.7. The quantitative estimate of drug-likeness (QED) is 0.868. The van der Waals surface area contributed by atoms with Gasteiger partial charge in [-0.2, -0.15) is 5.10 Å². The molecule has 0 aliphatic carbocycles. The number of allylic oxidation sites excluding steroid dienone is 1. The average Bonchev–Trinajstić information content (AvgIpc) is 3.11.